The van der Waals surface area contributed by atoms with Gasteiger partial charge in [0.2, 0.25) is 0 Å². The topological polar surface area (TPSA) is 0 Å². The molecule has 0 amide bonds. The van der Waals surface area contributed by atoms with E-state index in [1.807, 2.05) is 8.60 Å². The summed E-state index contributed by atoms with van der Waals surface area (Å²) in [6.07, 6.45) is 0. The summed E-state index contributed by atoms with van der Waals surface area (Å²) in [5, 5.41) is 0. The van der Waals surface area contributed by atoms with Crippen LogP contribution in [0.4, 0.5) is 0 Å². The molecule has 0 aromatic heterocycles. The van der Waals surface area contributed by atoms with Crippen molar-refractivity contribution in [3.63, 3.8) is 0 Å². The van der Waals surface area contributed by atoms with E-state index in [9.17, 15) is 0 Å². The first-order valence-corrected chi connectivity index (χ1v) is 20.3. The van der Waals surface area contributed by atoms with Gasteiger partial charge < -0.3 is 0 Å². The molecule has 0 saturated heterocycles. The molecule has 0 unspecified atom stereocenters. The van der Waals surface area contributed by atoms with Crippen molar-refractivity contribution in [3.8, 4) is 0 Å². The molecule has 0 spiro atoms. The molecule has 0 rings (SSSR count). The Morgan fingerprint density at radius 3 is 1.30 bits per heavy atom. The molecular formula is C21H45BPb. The zero-order valence-corrected chi connectivity index (χ0v) is 22.3. The molecule has 0 N–H and O–H groups in total. The Hall–Kier alpha value is 0.727. The summed E-state index contributed by atoms with van der Waals surface area (Å²) in [6.45, 7) is 30.4. The van der Waals surface area contributed by atoms with Crippen molar-refractivity contribution < 1.29 is 0 Å². The molecule has 0 radical (unpaired) electrons. The minimum absolute atomic E-state index is 0.339. The van der Waals surface area contributed by atoms with E-state index in [2.05, 4.69) is 83.1 Å². The molecule has 2 heteroatoms. The third-order valence-corrected chi connectivity index (χ3v) is 30.0. The second-order valence-electron chi connectivity index (χ2n) is 9.59. The van der Waals surface area contributed by atoms with E-state index in [0.29, 0.717) is 11.3 Å². The van der Waals surface area contributed by atoms with Crippen LogP contribution in [0.1, 0.15) is 83.1 Å². The Labute approximate surface area is 154 Å². The quantitative estimate of drug-likeness (QED) is 0.289. The molecule has 0 aliphatic rings. The van der Waals surface area contributed by atoms with E-state index in [1.54, 1.807) is 0 Å². The summed E-state index contributed by atoms with van der Waals surface area (Å²) >= 11 is -2.43. The van der Waals surface area contributed by atoms with Crippen molar-refractivity contribution in [3.05, 3.63) is 8.60 Å². The monoisotopic (exact) mass is 516 g/mol. The van der Waals surface area contributed by atoms with Gasteiger partial charge in [-0.25, -0.2) is 0 Å². The Balaban J connectivity index is 6.80. The van der Waals surface area contributed by atoms with Crippen LogP contribution in [0.25, 0.3) is 0 Å². The molecule has 0 heterocycles. The zero-order chi connectivity index (χ0) is 18.6. The summed E-state index contributed by atoms with van der Waals surface area (Å²) in [4.78, 5) is 0. The van der Waals surface area contributed by atoms with Crippen LogP contribution >= 0.6 is 0 Å². The van der Waals surface area contributed by atoms with Gasteiger partial charge in [-0.05, 0) is 0 Å². The number of hydrogen-bond donors (Lipinski definition) is 0. The molecule has 0 aromatic rings. The van der Waals surface area contributed by atoms with Gasteiger partial charge in [-0.3, -0.25) is 0 Å². The molecule has 0 atom stereocenters. The van der Waals surface area contributed by atoms with Crippen LogP contribution in [0, 0.1) is 11.3 Å². The van der Waals surface area contributed by atoms with Gasteiger partial charge in [-0.2, -0.15) is 0 Å². The maximum atomic E-state index is 2.50. The summed E-state index contributed by atoms with van der Waals surface area (Å²) in [5.41, 5.74) is 2.21. The average molecular weight is 516 g/mol. The van der Waals surface area contributed by atoms with Gasteiger partial charge >= 0.3 is 154 Å². The molecule has 23 heavy (non-hydrogen) atoms. The zero-order valence-electron chi connectivity index (χ0n) is 18.4. The first-order valence-electron chi connectivity index (χ1n) is 10.1. The fraction of sp³-hybridized carbons (Fsp3) is 0.905. The Morgan fingerprint density at radius 2 is 1.13 bits per heavy atom. The van der Waals surface area contributed by atoms with Gasteiger partial charge in [0.15, 0.2) is 0 Å². The van der Waals surface area contributed by atoms with Crippen LogP contribution in [0.15, 0.2) is 8.60 Å². The van der Waals surface area contributed by atoms with Gasteiger partial charge in [0.1, 0.15) is 0 Å². The molecular weight excluding hydrogens is 470 g/mol. The molecule has 136 valence electrons. The van der Waals surface area contributed by atoms with Crippen molar-refractivity contribution in [2.75, 3.05) is 0 Å². The van der Waals surface area contributed by atoms with Crippen LogP contribution in [-0.4, -0.2) is 27.9 Å². The number of rotatable bonds is 8. The molecule has 0 aliphatic carbocycles. The molecule has 0 saturated carbocycles. The van der Waals surface area contributed by atoms with E-state index in [-0.39, 0.29) is 0 Å². The van der Waals surface area contributed by atoms with Crippen LogP contribution < -0.4 is 0 Å². The van der Waals surface area contributed by atoms with Gasteiger partial charge in [-0.15, -0.1) is 0 Å². The Morgan fingerprint density at radius 1 is 0.783 bits per heavy atom. The third kappa shape index (κ3) is 5.61. The number of allylic oxidation sites excluding steroid dienone is 2. The summed E-state index contributed by atoms with van der Waals surface area (Å²) in [6, 6.07) is 0. The van der Waals surface area contributed by atoms with Crippen molar-refractivity contribution >= 4 is 27.9 Å². The molecule has 0 aromatic carbocycles. The van der Waals surface area contributed by atoms with Crippen LogP contribution in [-0.2, 0) is 0 Å². The van der Waals surface area contributed by atoms with E-state index in [1.165, 1.54) is 11.9 Å². The summed E-state index contributed by atoms with van der Waals surface area (Å²) in [7, 11) is 0. The van der Waals surface area contributed by atoms with Crippen LogP contribution in [0.3, 0.4) is 0 Å². The van der Waals surface area contributed by atoms with Crippen molar-refractivity contribution in [2.24, 2.45) is 11.3 Å². The third-order valence-electron chi connectivity index (χ3n) is 6.02. The van der Waals surface area contributed by atoms with E-state index in [0.717, 1.165) is 18.3 Å². The average Bonchev–Trinajstić information content (AvgIpc) is 2.40. The fourth-order valence-electron chi connectivity index (χ4n) is 5.14. The summed E-state index contributed by atoms with van der Waals surface area (Å²) < 4.78 is 6.43. The van der Waals surface area contributed by atoms with Crippen LogP contribution in [0.5, 0.6) is 0 Å². The normalized spacial score (nSPS) is 14.7. The van der Waals surface area contributed by atoms with Gasteiger partial charge in [-0.1, -0.05) is 0 Å². The van der Waals surface area contributed by atoms with Gasteiger partial charge in [0, 0.05) is 0 Å². The molecule has 0 fully saturated rings. The van der Waals surface area contributed by atoms with Crippen molar-refractivity contribution in [1.29, 1.82) is 0 Å². The standard InChI is InChI=1S/C15H30B.3C2H5.Pb/c1-11(2)14(10-15(7,8)9)16(12(3)4)13(5)6;3*1-2;/h11-13H,1-9H3;3*1H2,2H3;. The predicted molar refractivity (Wildman–Crippen MR) is 114 cm³/mol. The van der Waals surface area contributed by atoms with Crippen molar-refractivity contribution in [2.45, 2.75) is 107 Å². The number of hydrogen-bond acceptors (Lipinski definition) is 0. The first kappa shape index (κ1) is 23.7. The molecule has 0 bridgehead atoms. The second-order valence-corrected chi connectivity index (χ2v) is 29.7. The van der Waals surface area contributed by atoms with Crippen molar-refractivity contribution in [1.82, 2.24) is 0 Å². The van der Waals surface area contributed by atoms with E-state index < -0.39 is 21.2 Å². The maximum absolute atomic E-state index is 2.50. The first-order chi connectivity index (χ1) is 10.4. The molecule has 0 aliphatic heterocycles. The van der Waals surface area contributed by atoms with Gasteiger partial charge in [0.25, 0.3) is 0 Å². The second kappa shape index (κ2) is 9.43. The predicted octanol–water partition coefficient (Wildman–Crippen LogP) is 7.89. The van der Waals surface area contributed by atoms with Crippen LogP contribution in [0.2, 0.25) is 23.6 Å². The minimum atomic E-state index is -2.43. The Bertz CT molecular complexity index is 365. The Kier molecular flexibility index (Phi) is 9.73. The van der Waals surface area contributed by atoms with E-state index in [4.69, 9.17) is 0 Å². The SMILES string of the molecule is C[CH2][Pb]([CH2]C)([CH2]C)/[C](=C(\B(C(C)C)C(C)C)C(C)C)C(C)(C)C. The van der Waals surface area contributed by atoms with E-state index >= 15 is 0 Å². The fourth-order valence-corrected chi connectivity index (χ4v) is 25.4. The van der Waals surface area contributed by atoms with Gasteiger partial charge in [0.05, 0.1) is 0 Å². The molecule has 0 nitrogen and oxygen atoms in total. The summed E-state index contributed by atoms with van der Waals surface area (Å²) in [5.74, 6) is 2.16.